The lowest BCUT2D eigenvalue weighted by Crippen LogP contribution is -2.46. The number of fused-ring (bicyclic) bond motifs is 1. The van der Waals surface area contributed by atoms with E-state index in [9.17, 15) is 4.79 Å². The van der Waals surface area contributed by atoms with Crippen LogP contribution in [0.1, 0.15) is 0 Å². The average Bonchev–Trinajstić information content (AvgIpc) is 3.02. The zero-order chi connectivity index (χ0) is 16.7. The number of aromatic amines is 1. The van der Waals surface area contributed by atoms with Gasteiger partial charge in [0.15, 0.2) is 17.8 Å². The quantitative estimate of drug-likeness (QED) is 0.272. The second kappa shape index (κ2) is 8.31. The lowest BCUT2D eigenvalue weighted by molar-refractivity contribution is -0.136. The van der Waals surface area contributed by atoms with Gasteiger partial charge in [0.1, 0.15) is 36.3 Å². The monoisotopic (exact) mass is 315 g/mol. The van der Waals surface area contributed by atoms with E-state index in [0.29, 0.717) is 17.0 Å². The predicted molar refractivity (Wildman–Crippen MR) is 73.3 cm³/mol. The maximum Gasteiger partial charge on any atom is 0.182 e. The molecule has 0 radical (unpaired) electrons. The maximum atomic E-state index is 9.90. The first-order valence-corrected chi connectivity index (χ1v) is 6.10. The summed E-state index contributed by atoms with van der Waals surface area (Å²) >= 11 is 0. The molecule has 0 aliphatic heterocycles. The summed E-state index contributed by atoms with van der Waals surface area (Å²) in [6.07, 6.45) is -3.91. The van der Waals surface area contributed by atoms with Gasteiger partial charge in [-0.25, -0.2) is 15.0 Å². The fourth-order valence-corrected chi connectivity index (χ4v) is 1.40. The van der Waals surface area contributed by atoms with Crippen molar-refractivity contribution in [1.29, 1.82) is 0 Å². The van der Waals surface area contributed by atoms with E-state index < -0.39 is 31.0 Å². The maximum absolute atomic E-state index is 9.90. The summed E-state index contributed by atoms with van der Waals surface area (Å²) in [7, 11) is 0. The highest BCUT2D eigenvalue weighted by Crippen LogP contribution is 2.09. The largest absolute Gasteiger partial charge is 0.394 e. The summed E-state index contributed by atoms with van der Waals surface area (Å²) in [4.78, 5) is 24.3. The van der Waals surface area contributed by atoms with Gasteiger partial charge in [0.05, 0.1) is 12.9 Å². The molecule has 0 spiro atoms. The number of nitrogens with two attached hydrogens (primary N) is 1. The van der Waals surface area contributed by atoms with Crippen LogP contribution in [-0.2, 0) is 4.79 Å². The second-order valence-corrected chi connectivity index (χ2v) is 4.22. The lowest BCUT2D eigenvalue weighted by atomic mass is 10.0. The number of aromatic nitrogens is 4. The Balaban J connectivity index is 0.000000222. The van der Waals surface area contributed by atoms with E-state index in [1.807, 2.05) is 0 Å². The fraction of sp³-hybridized carbons (Fsp3) is 0.455. The lowest BCUT2D eigenvalue weighted by Gasteiger charge is -2.22. The normalized spacial score (nSPS) is 16.2. The Kier molecular flexibility index (Phi) is 6.75. The molecule has 11 nitrogen and oxygen atoms in total. The number of carbonyl (C=O) groups is 1. The number of H-pyrrole nitrogens is 1. The molecular formula is C11H17N5O6. The van der Waals surface area contributed by atoms with Crippen LogP contribution >= 0.6 is 0 Å². The van der Waals surface area contributed by atoms with Crippen molar-refractivity contribution in [1.82, 2.24) is 19.9 Å². The zero-order valence-electron chi connectivity index (χ0n) is 11.3. The first-order valence-electron chi connectivity index (χ1n) is 6.10. The molecule has 11 heteroatoms. The van der Waals surface area contributed by atoms with E-state index in [-0.39, 0.29) is 6.29 Å². The predicted octanol–water partition coefficient (Wildman–Crippen LogP) is -3.44. The molecule has 2 aromatic rings. The van der Waals surface area contributed by atoms with Gasteiger partial charge in [-0.3, -0.25) is 0 Å². The van der Waals surface area contributed by atoms with Crippen LogP contribution in [0.5, 0.6) is 0 Å². The van der Waals surface area contributed by atoms with Gasteiger partial charge in [0.2, 0.25) is 0 Å². The molecule has 0 bridgehead atoms. The van der Waals surface area contributed by atoms with E-state index in [0.717, 1.165) is 0 Å². The van der Waals surface area contributed by atoms with Gasteiger partial charge >= 0.3 is 0 Å². The first kappa shape index (κ1) is 17.9. The summed E-state index contributed by atoms with van der Waals surface area (Å²) in [5, 5.41) is 43.5. The van der Waals surface area contributed by atoms with Gasteiger partial charge in [-0.1, -0.05) is 0 Å². The Morgan fingerprint density at radius 2 is 1.86 bits per heavy atom. The number of imidazole rings is 1. The number of aliphatic hydroxyl groups is 5. The van der Waals surface area contributed by atoms with E-state index >= 15 is 0 Å². The Labute approximate surface area is 124 Å². The molecule has 0 aliphatic carbocycles. The van der Waals surface area contributed by atoms with Crippen LogP contribution in [0.15, 0.2) is 12.7 Å². The minimum absolute atomic E-state index is 0.0258. The van der Waals surface area contributed by atoms with Crippen molar-refractivity contribution in [3.63, 3.8) is 0 Å². The summed E-state index contributed by atoms with van der Waals surface area (Å²) < 4.78 is 0. The van der Waals surface area contributed by atoms with Gasteiger partial charge in [0.25, 0.3) is 0 Å². The average molecular weight is 315 g/mol. The number of carbonyl (C=O) groups excluding carboxylic acids is 1. The van der Waals surface area contributed by atoms with Crippen LogP contribution in [0.3, 0.4) is 0 Å². The molecule has 0 saturated heterocycles. The molecule has 0 unspecified atom stereocenters. The van der Waals surface area contributed by atoms with E-state index in [2.05, 4.69) is 19.9 Å². The van der Waals surface area contributed by atoms with Gasteiger partial charge in [-0.05, 0) is 0 Å². The van der Waals surface area contributed by atoms with Crippen molar-refractivity contribution in [3.05, 3.63) is 12.7 Å². The van der Waals surface area contributed by atoms with Crippen LogP contribution in [0, 0.1) is 0 Å². The van der Waals surface area contributed by atoms with E-state index in [4.69, 9.17) is 31.3 Å². The van der Waals surface area contributed by atoms with Crippen LogP contribution in [0.25, 0.3) is 11.2 Å². The first-order chi connectivity index (χ1) is 10.4. The van der Waals surface area contributed by atoms with Crippen molar-refractivity contribution in [3.8, 4) is 0 Å². The minimum atomic E-state index is -1.79. The molecule has 2 aromatic heterocycles. The molecule has 0 saturated carbocycles. The molecule has 2 heterocycles. The van der Waals surface area contributed by atoms with Crippen molar-refractivity contribution in [2.24, 2.45) is 0 Å². The standard InChI is InChI=1S/C6H12O6.C5H5N5/c7-1-3(9)5(11)6(12)4(10)2-8;6-4-3-5(9-1-7-3)10-2-8-4/h1,3-6,8-12H,2H2;1-2H,(H3,6,7,8,9,10)/t3-,4+,5+,6+;/m0./s1. The minimum Gasteiger partial charge on any atom is -0.394 e. The number of hydrogen-bond donors (Lipinski definition) is 7. The molecule has 4 atom stereocenters. The smallest absolute Gasteiger partial charge is 0.182 e. The van der Waals surface area contributed by atoms with E-state index in [1.54, 1.807) is 0 Å². The summed E-state index contributed by atoms with van der Waals surface area (Å²) in [5.41, 5.74) is 6.78. The summed E-state index contributed by atoms with van der Waals surface area (Å²) in [6, 6.07) is 0. The van der Waals surface area contributed by atoms with Crippen molar-refractivity contribution >= 4 is 23.3 Å². The third-order valence-corrected chi connectivity index (χ3v) is 2.67. The Hall–Kier alpha value is -2.18. The van der Waals surface area contributed by atoms with E-state index in [1.165, 1.54) is 12.7 Å². The molecule has 0 aliphatic rings. The highest BCUT2D eigenvalue weighted by Gasteiger charge is 2.29. The molecule has 0 aromatic carbocycles. The number of hydrogen-bond acceptors (Lipinski definition) is 10. The van der Waals surface area contributed by atoms with Crippen LogP contribution in [-0.4, -0.2) is 82.8 Å². The molecule has 22 heavy (non-hydrogen) atoms. The Morgan fingerprint density at radius 1 is 1.18 bits per heavy atom. The van der Waals surface area contributed by atoms with Crippen LogP contribution in [0.2, 0.25) is 0 Å². The molecular weight excluding hydrogens is 298 g/mol. The topological polar surface area (TPSA) is 199 Å². The molecule has 122 valence electrons. The summed E-state index contributed by atoms with van der Waals surface area (Å²) in [6.45, 7) is -0.760. The Morgan fingerprint density at radius 3 is 2.41 bits per heavy atom. The number of nitrogen functional groups attached to an aromatic ring is 1. The van der Waals surface area contributed by atoms with Gasteiger partial charge in [-0.2, -0.15) is 0 Å². The van der Waals surface area contributed by atoms with Crippen molar-refractivity contribution in [2.45, 2.75) is 24.4 Å². The SMILES string of the molecule is Nc1ncnc2nc[nH]c12.O=C[C@H](O)[C@@H](O)[C@H](O)[C@H](O)CO. The number of aliphatic hydroxyl groups excluding tert-OH is 5. The third-order valence-electron chi connectivity index (χ3n) is 2.67. The molecule has 2 rings (SSSR count). The summed E-state index contributed by atoms with van der Waals surface area (Å²) in [5.74, 6) is 0.433. The number of aldehydes is 1. The fourth-order valence-electron chi connectivity index (χ4n) is 1.40. The van der Waals surface area contributed by atoms with Crippen LogP contribution in [0.4, 0.5) is 5.82 Å². The van der Waals surface area contributed by atoms with Gasteiger partial charge in [-0.15, -0.1) is 0 Å². The Bertz CT molecular complexity index is 593. The molecule has 8 N–H and O–H groups in total. The highest BCUT2D eigenvalue weighted by atomic mass is 16.4. The second-order valence-electron chi connectivity index (χ2n) is 4.22. The highest BCUT2D eigenvalue weighted by molar-refractivity contribution is 5.80. The van der Waals surface area contributed by atoms with Crippen LogP contribution < -0.4 is 5.73 Å². The zero-order valence-corrected chi connectivity index (χ0v) is 11.3. The van der Waals surface area contributed by atoms with Gasteiger partial charge in [0, 0.05) is 0 Å². The molecule has 0 amide bonds. The number of nitrogens with one attached hydrogen (secondary N) is 1. The van der Waals surface area contributed by atoms with Crippen molar-refractivity contribution in [2.75, 3.05) is 12.3 Å². The van der Waals surface area contributed by atoms with Crippen molar-refractivity contribution < 1.29 is 30.3 Å². The number of anilines is 1. The molecule has 0 fully saturated rings. The third kappa shape index (κ3) is 4.41. The number of nitrogens with zero attached hydrogens (tertiary/aromatic N) is 3. The van der Waals surface area contributed by atoms with Gasteiger partial charge < -0.3 is 41.0 Å². The number of rotatable bonds is 5.